The third kappa shape index (κ3) is 4.49. The molecule has 0 radical (unpaired) electrons. The van der Waals surface area contributed by atoms with Gasteiger partial charge in [0.25, 0.3) is 0 Å². The van der Waals surface area contributed by atoms with Crippen LogP contribution < -0.4 is 14.4 Å². The molecule has 0 spiro atoms. The van der Waals surface area contributed by atoms with Gasteiger partial charge in [0.1, 0.15) is 18.1 Å². The van der Waals surface area contributed by atoms with Gasteiger partial charge in [0.2, 0.25) is 5.78 Å². The number of hydrogen-bond donors (Lipinski definition) is 0. The number of carbonyl (C=O) groups is 2. The van der Waals surface area contributed by atoms with Crippen molar-refractivity contribution in [2.75, 3.05) is 31.7 Å². The Morgan fingerprint density at radius 2 is 1.83 bits per heavy atom. The Balaban J connectivity index is 1.82. The van der Waals surface area contributed by atoms with Crippen LogP contribution in [0.3, 0.4) is 0 Å². The fraction of sp³-hybridized carbons (Fsp3) is 0.304. The van der Waals surface area contributed by atoms with Gasteiger partial charge in [-0.15, -0.1) is 0 Å². The fourth-order valence-corrected chi connectivity index (χ4v) is 3.34. The van der Waals surface area contributed by atoms with Gasteiger partial charge in [-0.2, -0.15) is 0 Å². The van der Waals surface area contributed by atoms with Gasteiger partial charge in [0.05, 0.1) is 5.56 Å². The first-order chi connectivity index (χ1) is 14.0. The van der Waals surface area contributed by atoms with Crippen LogP contribution in [-0.4, -0.2) is 38.6 Å². The Labute approximate surface area is 170 Å². The number of anilines is 1. The summed E-state index contributed by atoms with van der Waals surface area (Å²) >= 11 is 0. The molecule has 6 heteroatoms. The second-order valence-corrected chi connectivity index (χ2v) is 6.72. The summed E-state index contributed by atoms with van der Waals surface area (Å²) in [5.41, 5.74) is 3.19. The Bertz CT molecular complexity index is 942. The maximum Gasteiger partial charge on any atom is 0.337 e. The Hall–Kier alpha value is -3.12. The molecule has 0 saturated carbocycles. The number of benzene rings is 2. The SMILES string of the molecule is CCN(CC)c1ccc(/C=C2\Oc3cc(OC(=O)COC)cc(C)c3C2=O)cc1. The Morgan fingerprint density at radius 1 is 1.14 bits per heavy atom. The van der Waals surface area contributed by atoms with Crippen molar-refractivity contribution in [2.24, 2.45) is 0 Å². The molecule has 1 heterocycles. The highest BCUT2D eigenvalue weighted by molar-refractivity contribution is 6.15. The second-order valence-electron chi connectivity index (χ2n) is 6.72. The largest absolute Gasteiger partial charge is 0.452 e. The predicted molar refractivity (Wildman–Crippen MR) is 112 cm³/mol. The minimum atomic E-state index is -0.514. The van der Waals surface area contributed by atoms with E-state index in [4.69, 9.17) is 14.2 Å². The molecule has 0 bridgehead atoms. The maximum atomic E-state index is 12.8. The first-order valence-corrected chi connectivity index (χ1v) is 9.60. The van der Waals surface area contributed by atoms with E-state index in [0.717, 1.165) is 24.3 Å². The van der Waals surface area contributed by atoms with Gasteiger partial charge in [-0.25, -0.2) is 4.79 Å². The highest BCUT2D eigenvalue weighted by atomic mass is 16.6. The van der Waals surface area contributed by atoms with Gasteiger partial charge < -0.3 is 19.1 Å². The predicted octanol–water partition coefficient (Wildman–Crippen LogP) is 4.01. The fourth-order valence-electron chi connectivity index (χ4n) is 3.34. The molecule has 6 nitrogen and oxygen atoms in total. The number of aryl methyl sites for hydroxylation is 1. The van der Waals surface area contributed by atoms with Gasteiger partial charge >= 0.3 is 5.97 Å². The zero-order valence-corrected chi connectivity index (χ0v) is 17.2. The highest BCUT2D eigenvalue weighted by Gasteiger charge is 2.30. The average molecular weight is 395 g/mol. The van der Waals surface area contributed by atoms with E-state index in [1.54, 1.807) is 25.1 Å². The molecule has 0 aliphatic carbocycles. The number of fused-ring (bicyclic) bond motifs is 1. The van der Waals surface area contributed by atoms with Crippen LogP contribution in [0.5, 0.6) is 11.5 Å². The Kier molecular flexibility index (Phi) is 6.34. The number of ether oxygens (including phenoxy) is 3. The Morgan fingerprint density at radius 3 is 2.45 bits per heavy atom. The summed E-state index contributed by atoms with van der Waals surface area (Å²) in [7, 11) is 1.42. The van der Waals surface area contributed by atoms with Crippen molar-refractivity contribution in [3.05, 3.63) is 58.8 Å². The van der Waals surface area contributed by atoms with Crippen LogP contribution >= 0.6 is 0 Å². The molecule has 152 valence electrons. The summed E-state index contributed by atoms with van der Waals surface area (Å²) in [4.78, 5) is 26.7. The quantitative estimate of drug-likeness (QED) is 0.401. The summed E-state index contributed by atoms with van der Waals surface area (Å²) in [6.07, 6.45) is 1.73. The number of esters is 1. The second kappa shape index (κ2) is 8.92. The van der Waals surface area contributed by atoms with E-state index >= 15 is 0 Å². The third-order valence-corrected chi connectivity index (χ3v) is 4.76. The van der Waals surface area contributed by atoms with Crippen LogP contribution in [0, 0.1) is 6.92 Å². The van der Waals surface area contributed by atoms with E-state index in [9.17, 15) is 9.59 Å². The van der Waals surface area contributed by atoms with Gasteiger partial charge in [-0.3, -0.25) is 4.79 Å². The standard InChI is InChI=1S/C23H25NO5/c1-5-24(6-2)17-9-7-16(8-10-17)12-20-23(26)22-15(3)11-18(13-19(22)29-20)28-21(25)14-27-4/h7-13H,5-6,14H2,1-4H3/b20-12-. The molecule has 0 amide bonds. The molecule has 3 rings (SSSR count). The lowest BCUT2D eigenvalue weighted by atomic mass is 10.0. The van der Waals surface area contributed by atoms with Crippen LogP contribution in [0.25, 0.3) is 6.08 Å². The normalized spacial score (nSPS) is 13.9. The minimum Gasteiger partial charge on any atom is -0.452 e. The highest BCUT2D eigenvalue weighted by Crippen LogP contribution is 2.37. The molecule has 0 fully saturated rings. The summed E-state index contributed by atoms with van der Waals surface area (Å²) < 4.78 is 15.8. The van der Waals surface area contributed by atoms with Crippen molar-refractivity contribution in [1.82, 2.24) is 0 Å². The van der Waals surface area contributed by atoms with Gasteiger partial charge in [0, 0.05) is 32.0 Å². The van der Waals surface area contributed by atoms with Crippen LogP contribution in [0.2, 0.25) is 0 Å². The number of carbonyl (C=O) groups excluding carboxylic acids is 2. The number of rotatable bonds is 7. The number of hydrogen-bond acceptors (Lipinski definition) is 6. The molecule has 0 saturated heterocycles. The van der Waals surface area contributed by atoms with Gasteiger partial charge in [0.15, 0.2) is 5.76 Å². The molecular weight excluding hydrogens is 370 g/mol. The van der Waals surface area contributed by atoms with Crippen LogP contribution in [0.1, 0.15) is 35.3 Å². The molecule has 0 N–H and O–H groups in total. The van der Waals surface area contributed by atoms with E-state index in [1.807, 2.05) is 24.3 Å². The number of Topliss-reactive ketones (excluding diaryl/α,β-unsaturated/α-hetero) is 1. The molecule has 0 aromatic heterocycles. The first-order valence-electron chi connectivity index (χ1n) is 9.60. The first kappa shape index (κ1) is 20.6. The van der Waals surface area contributed by atoms with Crippen molar-refractivity contribution in [2.45, 2.75) is 20.8 Å². The number of allylic oxidation sites excluding steroid dienone is 1. The molecule has 2 aromatic rings. The van der Waals surface area contributed by atoms with E-state index in [2.05, 4.69) is 18.7 Å². The molecule has 0 atom stereocenters. The lowest BCUT2D eigenvalue weighted by Gasteiger charge is -2.20. The third-order valence-electron chi connectivity index (χ3n) is 4.76. The molecular formula is C23H25NO5. The number of methoxy groups -OCH3 is 1. The van der Waals surface area contributed by atoms with Crippen molar-refractivity contribution in [3.63, 3.8) is 0 Å². The molecule has 29 heavy (non-hydrogen) atoms. The smallest absolute Gasteiger partial charge is 0.337 e. The van der Waals surface area contributed by atoms with Crippen molar-refractivity contribution in [1.29, 1.82) is 0 Å². The number of ketones is 1. The molecule has 1 aliphatic rings. The summed E-state index contributed by atoms with van der Waals surface area (Å²) in [6, 6.07) is 11.2. The van der Waals surface area contributed by atoms with Gasteiger partial charge in [-0.1, -0.05) is 12.1 Å². The summed E-state index contributed by atoms with van der Waals surface area (Å²) in [5.74, 6) is 0.265. The van der Waals surface area contributed by atoms with E-state index in [0.29, 0.717) is 22.6 Å². The average Bonchev–Trinajstić information content (AvgIpc) is 3.00. The van der Waals surface area contributed by atoms with Crippen molar-refractivity contribution in [3.8, 4) is 11.5 Å². The van der Waals surface area contributed by atoms with E-state index in [-0.39, 0.29) is 18.1 Å². The molecule has 1 aliphatic heterocycles. The summed E-state index contributed by atoms with van der Waals surface area (Å²) in [5, 5.41) is 0. The zero-order valence-electron chi connectivity index (χ0n) is 17.2. The van der Waals surface area contributed by atoms with E-state index in [1.165, 1.54) is 7.11 Å². The number of nitrogens with zero attached hydrogens (tertiary/aromatic N) is 1. The van der Waals surface area contributed by atoms with E-state index < -0.39 is 5.97 Å². The molecule has 0 unspecified atom stereocenters. The molecule has 2 aromatic carbocycles. The van der Waals surface area contributed by atoms with Crippen LogP contribution in [-0.2, 0) is 9.53 Å². The lowest BCUT2D eigenvalue weighted by Crippen LogP contribution is -2.21. The summed E-state index contributed by atoms with van der Waals surface area (Å²) in [6.45, 7) is 7.74. The topological polar surface area (TPSA) is 65.1 Å². The van der Waals surface area contributed by atoms with Crippen LogP contribution in [0.15, 0.2) is 42.2 Å². The van der Waals surface area contributed by atoms with Crippen molar-refractivity contribution < 1.29 is 23.8 Å². The van der Waals surface area contributed by atoms with Gasteiger partial charge in [-0.05, 0) is 56.2 Å². The monoisotopic (exact) mass is 395 g/mol. The zero-order chi connectivity index (χ0) is 21.0. The minimum absolute atomic E-state index is 0.148. The lowest BCUT2D eigenvalue weighted by molar-refractivity contribution is -0.138. The van der Waals surface area contributed by atoms with Crippen molar-refractivity contribution >= 4 is 23.5 Å². The van der Waals surface area contributed by atoms with Crippen LogP contribution in [0.4, 0.5) is 5.69 Å². The maximum absolute atomic E-state index is 12.8.